The summed E-state index contributed by atoms with van der Waals surface area (Å²) in [6, 6.07) is -0.830. The lowest BCUT2D eigenvalue weighted by atomic mass is 10.0. The lowest BCUT2D eigenvalue weighted by molar-refractivity contribution is -0.124. The van der Waals surface area contributed by atoms with Gasteiger partial charge < -0.3 is 20.6 Å². The van der Waals surface area contributed by atoms with Crippen LogP contribution in [0.15, 0.2) is 24.3 Å². The molecule has 3 unspecified atom stereocenters. The molecule has 0 fully saturated rings. The minimum absolute atomic E-state index is 0.152. The zero-order chi connectivity index (χ0) is 46.5. The zero-order valence-corrected chi connectivity index (χ0v) is 43.4. The SMILES string of the molecule is CCCCCCCCCCCCC/C=C/CC/C=C/CCCC(O)C(O)C(CO)NC(=O)CCCCCCCCCCCCCCCCCCCCCCCCCCCCCCCC. The maximum absolute atomic E-state index is 12.5. The Hall–Kier alpha value is -1.17. The molecule has 0 heterocycles. The largest absolute Gasteiger partial charge is 0.394 e. The van der Waals surface area contributed by atoms with Crippen LogP contribution in [0.2, 0.25) is 0 Å². The fraction of sp³-hybridized carbons (Fsp3) is 0.915. The van der Waals surface area contributed by atoms with E-state index in [9.17, 15) is 20.1 Å². The fourth-order valence-electron chi connectivity index (χ4n) is 9.30. The van der Waals surface area contributed by atoms with Crippen LogP contribution in [0, 0.1) is 0 Å². The Kier molecular flexibility index (Phi) is 53.4. The third kappa shape index (κ3) is 48.8. The zero-order valence-electron chi connectivity index (χ0n) is 43.4. The summed E-state index contributed by atoms with van der Waals surface area (Å²) in [4.78, 5) is 12.5. The van der Waals surface area contributed by atoms with Gasteiger partial charge >= 0.3 is 0 Å². The average Bonchev–Trinajstić information content (AvgIpc) is 3.30. The Morgan fingerprint density at radius 2 is 0.641 bits per heavy atom. The summed E-state index contributed by atoms with van der Waals surface area (Å²) in [6.45, 7) is 4.20. The lowest BCUT2D eigenvalue weighted by Crippen LogP contribution is -2.50. The third-order valence-electron chi connectivity index (χ3n) is 13.8. The van der Waals surface area contributed by atoms with Crippen LogP contribution in [0.25, 0.3) is 0 Å². The van der Waals surface area contributed by atoms with E-state index in [-0.39, 0.29) is 12.5 Å². The van der Waals surface area contributed by atoms with Gasteiger partial charge in [-0.25, -0.2) is 0 Å². The first kappa shape index (κ1) is 62.8. The molecule has 0 aliphatic heterocycles. The molecule has 0 aromatic rings. The van der Waals surface area contributed by atoms with Crippen LogP contribution in [0.4, 0.5) is 0 Å². The van der Waals surface area contributed by atoms with E-state index < -0.39 is 18.2 Å². The van der Waals surface area contributed by atoms with Crippen LogP contribution in [-0.2, 0) is 4.79 Å². The van der Waals surface area contributed by atoms with Crippen molar-refractivity contribution < 1.29 is 20.1 Å². The molecular formula is C59H115NO4. The second-order valence-electron chi connectivity index (χ2n) is 20.2. The van der Waals surface area contributed by atoms with Gasteiger partial charge in [-0.2, -0.15) is 0 Å². The molecule has 3 atom stereocenters. The number of hydrogen-bond acceptors (Lipinski definition) is 4. The number of allylic oxidation sites excluding steroid dienone is 4. The Morgan fingerprint density at radius 3 is 0.953 bits per heavy atom. The quantitative estimate of drug-likeness (QED) is 0.0362. The summed E-state index contributed by atoms with van der Waals surface area (Å²) >= 11 is 0. The van der Waals surface area contributed by atoms with Crippen LogP contribution in [0.1, 0.15) is 322 Å². The van der Waals surface area contributed by atoms with E-state index in [4.69, 9.17) is 0 Å². The molecule has 64 heavy (non-hydrogen) atoms. The van der Waals surface area contributed by atoms with Crippen molar-refractivity contribution in [1.82, 2.24) is 5.32 Å². The summed E-state index contributed by atoms with van der Waals surface area (Å²) in [5.41, 5.74) is 0. The first-order valence-corrected chi connectivity index (χ1v) is 29.1. The number of unbranched alkanes of at least 4 members (excludes halogenated alkanes) is 42. The first-order valence-electron chi connectivity index (χ1n) is 29.1. The van der Waals surface area contributed by atoms with Crippen molar-refractivity contribution in [3.63, 3.8) is 0 Å². The second-order valence-corrected chi connectivity index (χ2v) is 20.2. The molecule has 0 saturated carbocycles. The average molecular weight is 903 g/mol. The summed E-state index contributed by atoms with van der Waals surface area (Å²) in [5, 5.41) is 33.7. The maximum atomic E-state index is 12.5. The van der Waals surface area contributed by atoms with Gasteiger partial charge in [0, 0.05) is 6.42 Å². The smallest absolute Gasteiger partial charge is 0.220 e. The topological polar surface area (TPSA) is 89.8 Å². The van der Waals surface area contributed by atoms with E-state index in [0.717, 1.165) is 44.9 Å². The molecule has 5 nitrogen and oxygen atoms in total. The monoisotopic (exact) mass is 902 g/mol. The second kappa shape index (κ2) is 54.4. The Morgan fingerprint density at radius 1 is 0.375 bits per heavy atom. The highest BCUT2D eigenvalue weighted by atomic mass is 16.3. The highest BCUT2D eigenvalue weighted by molar-refractivity contribution is 5.76. The molecule has 0 spiro atoms. The van der Waals surface area contributed by atoms with Crippen molar-refractivity contribution in [1.29, 1.82) is 0 Å². The van der Waals surface area contributed by atoms with Crippen LogP contribution in [0.5, 0.6) is 0 Å². The Balaban J connectivity index is 3.53. The van der Waals surface area contributed by atoms with Gasteiger partial charge in [-0.15, -0.1) is 0 Å². The molecule has 1 amide bonds. The van der Waals surface area contributed by atoms with Gasteiger partial charge in [0.2, 0.25) is 5.91 Å². The number of nitrogens with one attached hydrogen (secondary N) is 1. The number of amides is 1. The Labute approximate surface area is 401 Å². The molecule has 0 aromatic carbocycles. The van der Waals surface area contributed by atoms with Crippen molar-refractivity contribution in [2.24, 2.45) is 0 Å². The predicted octanol–water partition coefficient (Wildman–Crippen LogP) is 18.1. The van der Waals surface area contributed by atoms with Gasteiger partial charge in [0.25, 0.3) is 0 Å². The standard InChI is InChI=1S/C59H115NO4/c1-3-5-7-9-11-13-15-17-19-21-23-25-26-27-28-29-30-31-32-33-34-36-38-40-42-44-46-48-50-52-54-58(63)60-56(55-61)59(64)57(62)53-51-49-47-45-43-41-39-37-35-24-22-20-18-16-14-12-10-8-6-4-2/h37,39,45,47,56-57,59,61-62,64H,3-36,38,40-44,46,48-55H2,1-2H3,(H,60,63)/b39-37+,47-45+. The molecule has 0 rings (SSSR count). The van der Waals surface area contributed by atoms with Gasteiger partial charge in [0.1, 0.15) is 6.10 Å². The number of aliphatic hydroxyl groups is 3. The van der Waals surface area contributed by atoms with Gasteiger partial charge in [-0.1, -0.05) is 289 Å². The highest BCUT2D eigenvalue weighted by Gasteiger charge is 2.26. The highest BCUT2D eigenvalue weighted by Crippen LogP contribution is 2.18. The molecule has 5 heteroatoms. The molecule has 4 N–H and O–H groups in total. The van der Waals surface area contributed by atoms with E-state index >= 15 is 0 Å². The normalized spacial score (nSPS) is 13.4. The first-order chi connectivity index (χ1) is 31.6. The molecule has 0 aliphatic rings. The van der Waals surface area contributed by atoms with E-state index in [2.05, 4.69) is 43.5 Å². The minimum Gasteiger partial charge on any atom is -0.394 e. The number of carbonyl (C=O) groups excluding carboxylic acids is 1. The van der Waals surface area contributed by atoms with Crippen LogP contribution >= 0.6 is 0 Å². The molecule has 380 valence electrons. The predicted molar refractivity (Wildman–Crippen MR) is 282 cm³/mol. The number of aliphatic hydroxyl groups excluding tert-OH is 3. The van der Waals surface area contributed by atoms with Crippen molar-refractivity contribution in [2.45, 2.75) is 340 Å². The van der Waals surface area contributed by atoms with Crippen LogP contribution < -0.4 is 5.32 Å². The third-order valence-corrected chi connectivity index (χ3v) is 13.8. The van der Waals surface area contributed by atoms with Gasteiger partial charge in [0.15, 0.2) is 0 Å². The van der Waals surface area contributed by atoms with Crippen molar-refractivity contribution in [3.05, 3.63) is 24.3 Å². The summed E-state index contributed by atoms with van der Waals surface area (Å²) in [7, 11) is 0. The fourth-order valence-corrected chi connectivity index (χ4v) is 9.30. The molecule has 0 aliphatic carbocycles. The van der Waals surface area contributed by atoms with Gasteiger partial charge in [-0.3, -0.25) is 4.79 Å². The van der Waals surface area contributed by atoms with E-state index in [1.807, 2.05) is 0 Å². The number of carbonyl (C=O) groups is 1. The summed E-state index contributed by atoms with van der Waals surface area (Å²) in [5.74, 6) is -0.152. The molecule has 0 saturated heterocycles. The minimum atomic E-state index is -1.16. The lowest BCUT2D eigenvalue weighted by Gasteiger charge is -2.26. The van der Waals surface area contributed by atoms with Gasteiger partial charge in [-0.05, 0) is 51.4 Å². The van der Waals surface area contributed by atoms with E-state index in [1.54, 1.807) is 0 Å². The summed E-state index contributed by atoms with van der Waals surface area (Å²) < 4.78 is 0. The van der Waals surface area contributed by atoms with Crippen molar-refractivity contribution in [3.8, 4) is 0 Å². The molecule has 0 bridgehead atoms. The molecule has 0 radical (unpaired) electrons. The maximum Gasteiger partial charge on any atom is 0.220 e. The van der Waals surface area contributed by atoms with Crippen molar-refractivity contribution in [2.75, 3.05) is 6.61 Å². The number of rotatable bonds is 54. The molecular weight excluding hydrogens is 787 g/mol. The van der Waals surface area contributed by atoms with E-state index in [1.165, 1.54) is 250 Å². The van der Waals surface area contributed by atoms with E-state index in [0.29, 0.717) is 12.8 Å². The van der Waals surface area contributed by atoms with Crippen LogP contribution in [-0.4, -0.2) is 46.1 Å². The molecule has 0 aromatic heterocycles. The van der Waals surface area contributed by atoms with Crippen molar-refractivity contribution >= 4 is 5.91 Å². The van der Waals surface area contributed by atoms with Crippen LogP contribution in [0.3, 0.4) is 0 Å². The summed E-state index contributed by atoms with van der Waals surface area (Å²) in [6.07, 6.45) is 69.2. The van der Waals surface area contributed by atoms with Gasteiger partial charge in [0.05, 0.1) is 18.8 Å². The number of hydrogen-bond donors (Lipinski definition) is 4. The Bertz CT molecular complexity index is 951.